The largest absolute Gasteiger partial charge is 0.418 e. The second-order valence-electron chi connectivity index (χ2n) is 8.89. The van der Waals surface area contributed by atoms with Crippen molar-refractivity contribution in [3.8, 4) is 11.4 Å². The molecule has 0 spiro atoms. The van der Waals surface area contributed by atoms with Crippen molar-refractivity contribution in [3.63, 3.8) is 0 Å². The van der Waals surface area contributed by atoms with Crippen LogP contribution < -0.4 is 4.90 Å². The number of para-hydroxylation sites is 1. The zero-order valence-corrected chi connectivity index (χ0v) is 19.8. The summed E-state index contributed by atoms with van der Waals surface area (Å²) in [6, 6.07) is 9.96. The Morgan fingerprint density at radius 1 is 1.06 bits per heavy atom. The van der Waals surface area contributed by atoms with E-state index >= 15 is 0 Å². The standard InChI is InChI=1S/C24H27F3N6S/c1-31-22(17-7-10-28-11-8-17)29-30-23(31)34-14-4-12-32-15-18-9-13-33(21(18)16-32)20-6-3-2-5-19(20)24(25,26)27/h2-3,5-8,10-11,18,21H,4,9,12-16H2,1H3/t18-,21+/m1/s1. The first-order chi connectivity index (χ1) is 16.4. The molecule has 2 saturated heterocycles. The summed E-state index contributed by atoms with van der Waals surface area (Å²) < 4.78 is 42.6. The highest BCUT2D eigenvalue weighted by atomic mass is 32.2. The average Bonchev–Trinajstić information content (AvgIpc) is 3.51. The van der Waals surface area contributed by atoms with Crippen LogP contribution in [0.25, 0.3) is 11.4 Å². The molecule has 2 aromatic heterocycles. The summed E-state index contributed by atoms with van der Waals surface area (Å²) in [5.41, 5.74) is 0.782. The average molecular weight is 489 g/mol. The molecule has 6 nitrogen and oxygen atoms in total. The minimum absolute atomic E-state index is 0.151. The number of anilines is 1. The Hall–Kier alpha value is -2.59. The lowest BCUT2D eigenvalue weighted by molar-refractivity contribution is -0.137. The second kappa shape index (κ2) is 9.58. The molecule has 0 saturated carbocycles. The third kappa shape index (κ3) is 4.65. The summed E-state index contributed by atoms with van der Waals surface area (Å²) in [7, 11) is 1.97. The first-order valence-electron chi connectivity index (χ1n) is 11.5. The van der Waals surface area contributed by atoms with E-state index in [9.17, 15) is 13.2 Å². The monoisotopic (exact) mass is 488 g/mol. The molecule has 180 valence electrons. The summed E-state index contributed by atoms with van der Waals surface area (Å²) in [5, 5.41) is 9.51. The normalized spacial score (nSPS) is 20.8. The van der Waals surface area contributed by atoms with Gasteiger partial charge in [-0.15, -0.1) is 10.2 Å². The number of benzene rings is 1. The highest BCUT2D eigenvalue weighted by Gasteiger charge is 2.44. The fourth-order valence-electron chi connectivity index (χ4n) is 5.14. The number of aromatic nitrogens is 4. The quantitative estimate of drug-likeness (QED) is 0.358. The van der Waals surface area contributed by atoms with Crippen LogP contribution in [0, 0.1) is 5.92 Å². The van der Waals surface area contributed by atoms with Gasteiger partial charge in [-0.2, -0.15) is 13.2 Å². The molecule has 1 aromatic carbocycles. The van der Waals surface area contributed by atoms with Gasteiger partial charge < -0.3 is 14.4 Å². The van der Waals surface area contributed by atoms with Crippen LogP contribution in [0.3, 0.4) is 0 Å². The van der Waals surface area contributed by atoms with E-state index < -0.39 is 11.7 Å². The zero-order valence-electron chi connectivity index (χ0n) is 18.9. The molecule has 34 heavy (non-hydrogen) atoms. The second-order valence-corrected chi connectivity index (χ2v) is 9.95. The molecule has 3 aromatic rings. The molecule has 2 aliphatic rings. The molecule has 2 atom stereocenters. The van der Waals surface area contributed by atoms with E-state index in [0.29, 0.717) is 18.2 Å². The van der Waals surface area contributed by atoms with E-state index in [4.69, 9.17) is 0 Å². The number of alkyl halides is 3. The van der Waals surface area contributed by atoms with E-state index in [1.165, 1.54) is 12.1 Å². The Morgan fingerprint density at radius 2 is 1.85 bits per heavy atom. The number of likely N-dealkylation sites (tertiary alicyclic amines) is 1. The van der Waals surface area contributed by atoms with E-state index in [1.807, 2.05) is 28.6 Å². The van der Waals surface area contributed by atoms with Crippen molar-refractivity contribution >= 4 is 17.4 Å². The molecular weight excluding hydrogens is 461 g/mol. The summed E-state index contributed by atoms with van der Waals surface area (Å²) in [6.45, 7) is 3.40. The van der Waals surface area contributed by atoms with Gasteiger partial charge >= 0.3 is 6.18 Å². The summed E-state index contributed by atoms with van der Waals surface area (Å²) in [6.07, 6.45) is 1.08. The van der Waals surface area contributed by atoms with Gasteiger partial charge in [-0.1, -0.05) is 23.9 Å². The predicted molar refractivity (Wildman–Crippen MR) is 127 cm³/mol. The van der Waals surface area contributed by atoms with Crippen LogP contribution in [-0.2, 0) is 13.2 Å². The van der Waals surface area contributed by atoms with Gasteiger partial charge in [-0.25, -0.2) is 0 Å². The minimum atomic E-state index is -4.33. The lowest BCUT2D eigenvalue weighted by Crippen LogP contribution is -2.36. The smallest absolute Gasteiger partial charge is 0.366 e. The molecule has 0 unspecified atom stereocenters. The molecule has 0 N–H and O–H groups in total. The van der Waals surface area contributed by atoms with E-state index in [2.05, 4.69) is 20.1 Å². The van der Waals surface area contributed by atoms with E-state index in [0.717, 1.165) is 54.8 Å². The predicted octanol–water partition coefficient (Wildman–Crippen LogP) is 4.59. The molecule has 0 bridgehead atoms. The lowest BCUT2D eigenvalue weighted by atomic mass is 10.0. The van der Waals surface area contributed by atoms with Crippen molar-refractivity contribution < 1.29 is 13.2 Å². The van der Waals surface area contributed by atoms with Gasteiger partial charge in [0.1, 0.15) is 0 Å². The van der Waals surface area contributed by atoms with Gasteiger partial charge in [0.15, 0.2) is 11.0 Å². The Balaban J connectivity index is 1.15. The van der Waals surface area contributed by atoms with Crippen molar-refractivity contribution in [2.45, 2.75) is 30.2 Å². The topological polar surface area (TPSA) is 50.1 Å². The third-order valence-electron chi connectivity index (χ3n) is 6.77. The van der Waals surface area contributed by atoms with Crippen LogP contribution >= 0.6 is 11.8 Å². The van der Waals surface area contributed by atoms with Gasteiger partial charge in [0, 0.05) is 62.1 Å². The number of fused-ring (bicyclic) bond motifs is 1. The van der Waals surface area contributed by atoms with Crippen LogP contribution in [0.4, 0.5) is 18.9 Å². The molecule has 10 heteroatoms. The number of hydrogen-bond donors (Lipinski definition) is 0. The Kier molecular flexibility index (Phi) is 6.52. The Bertz CT molecular complexity index is 1120. The first kappa shape index (κ1) is 23.2. The van der Waals surface area contributed by atoms with Gasteiger partial charge in [-0.05, 0) is 49.6 Å². The number of pyridine rings is 1. The molecule has 4 heterocycles. The number of nitrogens with zero attached hydrogens (tertiary/aromatic N) is 6. The maximum atomic E-state index is 13.5. The van der Waals surface area contributed by atoms with Gasteiger partial charge in [0.05, 0.1) is 5.56 Å². The van der Waals surface area contributed by atoms with Crippen LogP contribution in [0.2, 0.25) is 0 Å². The Labute approximate surface area is 201 Å². The highest BCUT2D eigenvalue weighted by Crippen LogP contribution is 2.41. The van der Waals surface area contributed by atoms with Crippen molar-refractivity contribution in [1.29, 1.82) is 0 Å². The van der Waals surface area contributed by atoms with Crippen molar-refractivity contribution in [2.24, 2.45) is 13.0 Å². The van der Waals surface area contributed by atoms with Crippen LogP contribution in [0.1, 0.15) is 18.4 Å². The van der Waals surface area contributed by atoms with Crippen LogP contribution in [-0.4, -0.2) is 62.6 Å². The number of hydrogen-bond acceptors (Lipinski definition) is 6. The van der Waals surface area contributed by atoms with E-state index in [1.54, 1.807) is 36.3 Å². The third-order valence-corrected chi connectivity index (χ3v) is 7.87. The van der Waals surface area contributed by atoms with Crippen molar-refractivity contribution in [1.82, 2.24) is 24.6 Å². The zero-order chi connectivity index (χ0) is 23.7. The SMILES string of the molecule is Cn1c(SCCCN2C[C@H]3CCN(c4ccccc4C(F)(F)F)[C@H]3C2)nnc1-c1ccncc1. The molecule has 0 aliphatic carbocycles. The van der Waals surface area contributed by atoms with E-state index in [-0.39, 0.29) is 6.04 Å². The summed E-state index contributed by atoms with van der Waals surface area (Å²) in [4.78, 5) is 8.43. The number of thioether (sulfide) groups is 1. The molecule has 5 rings (SSSR count). The van der Waals surface area contributed by atoms with Gasteiger partial charge in [0.25, 0.3) is 0 Å². The number of rotatable bonds is 7. The van der Waals surface area contributed by atoms with Gasteiger partial charge in [0.2, 0.25) is 0 Å². The van der Waals surface area contributed by atoms with Crippen molar-refractivity contribution in [3.05, 3.63) is 54.4 Å². The molecule has 0 radical (unpaired) electrons. The molecule has 2 aliphatic heterocycles. The lowest BCUT2D eigenvalue weighted by Gasteiger charge is -2.29. The van der Waals surface area contributed by atoms with Gasteiger partial charge in [-0.3, -0.25) is 4.98 Å². The fourth-order valence-corrected chi connectivity index (χ4v) is 5.97. The highest BCUT2D eigenvalue weighted by molar-refractivity contribution is 7.99. The summed E-state index contributed by atoms with van der Waals surface area (Å²) >= 11 is 1.68. The maximum absolute atomic E-state index is 13.5. The molecular formula is C24H27F3N6S. The molecule has 0 amide bonds. The Morgan fingerprint density at radius 3 is 2.65 bits per heavy atom. The minimum Gasteiger partial charge on any atom is -0.366 e. The van der Waals surface area contributed by atoms with Crippen LogP contribution in [0.5, 0.6) is 0 Å². The van der Waals surface area contributed by atoms with Crippen molar-refractivity contribution in [2.75, 3.05) is 36.8 Å². The number of halogens is 3. The fraction of sp³-hybridized carbons (Fsp3) is 0.458. The molecule has 2 fully saturated rings. The summed E-state index contributed by atoms with van der Waals surface area (Å²) in [5.74, 6) is 2.15. The first-order valence-corrected chi connectivity index (χ1v) is 12.5. The maximum Gasteiger partial charge on any atom is 0.418 e. The van der Waals surface area contributed by atoms with Crippen LogP contribution in [0.15, 0.2) is 53.9 Å².